The summed E-state index contributed by atoms with van der Waals surface area (Å²) < 4.78 is 7.56. The lowest BCUT2D eigenvalue weighted by atomic mass is 10.0. The van der Waals surface area contributed by atoms with Crippen molar-refractivity contribution in [3.8, 4) is 17.0 Å². The Bertz CT molecular complexity index is 1080. The molecule has 9 heteroatoms. The van der Waals surface area contributed by atoms with E-state index < -0.39 is 0 Å². The van der Waals surface area contributed by atoms with Gasteiger partial charge in [0.05, 0.1) is 23.0 Å². The first-order valence-electron chi connectivity index (χ1n) is 9.10. The van der Waals surface area contributed by atoms with E-state index in [1.165, 1.54) is 11.8 Å². The fourth-order valence-corrected chi connectivity index (χ4v) is 4.01. The van der Waals surface area contributed by atoms with E-state index in [1.54, 1.807) is 24.0 Å². The molecule has 0 unspecified atom stereocenters. The molecule has 3 heterocycles. The first-order chi connectivity index (χ1) is 13.9. The topological polar surface area (TPSA) is 81.9 Å². The van der Waals surface area contributed by atoms with Gasteiger partial charge in [0.15, 0.2) is 5.16 Å². The van der Waals surface area contributed by atoms with Crippen LogP contribution >= 0.6 is 23.4 Å². The molecule has 1 aliphatic rings. The highest BCUT2D eigenvalue weighted by atomic mass is 35.5. The number of aromatic nitrogens is 4. The molecule has 0 spiro atoms. The van der Waals surface area contributed by atoms with Crippen LogP contribution in [0.1, 0.15) is 21.7 Å². The summed E-state index contributed by atoms with van der Waals surface area (Å²) in [5, 5.41) is 8.37. The molecule has 1 N–H and O–H groups in total. The highest BCUT2D eigenvalue weighted by Crippen LogP contribution is 2.39. The largest absolute Gasteiger partial charge is 0.486 e. The van der Waals surface area contributed by atoms with Gasteiger partial charge < -0.3 is 10.1 Å². The van der Waals surface area contributed by atoms with Gasteiger partial charge in [-0.1, -0.05) is 23.4 Å². The Hall–Kier alpha value is -2.58. The predicted molar refractivity (Wildman–Crippen MR) is 113 cm³/mol. The maximum Gasteiger partial charge on any atom is 0.269 e. The van der Waals surface area contributed by atoms with Crippen molar-refractivity contribution in [3.63, 3.8) is 0 Å². The normalized spacial score (nSPS) is 15.1. The van der Waals surface area contributed by atoms with E-state index in [0.29, 0.717) is 34.6 Å². The molecule has 0 fully saturated rings. The average molecular weight is 430 g/mol. The van der Waals surface area contributed by atoms with E-state index in [1.807, 2.05) is 31.4 Å². The molecule has 4 rings (SSSR count). The minimum absolute atomic E-state index is 0.176. The molecule has 0 aliphatic carbocycles. The van der Waals surface area contributed by atoms with E-state index in [4.69, 9.17) is 16.3 Å². The number of thioether (sulfide) groups is 1. The minimum atomic E-state index is -0.178. The standard InChI is InChI=1S/C20H20ClN5O2S/c1-11-6-17(26(2)25-11)19(27)23-10-14-8-13-7-12(9-15(21)18(13)28-14)16-4-5-22-20(24-16)29-3/h4-7,9,14H,8,10H2,1-3H3,(H,23,27)/t14-/m1/s1. The zero-order valence-electron chi connectivity index (χ0n) is 16.3. The lowest BCUT2D eigenvalue weighted by Crippen LogP contribution is -2.35. The number of aryl methyl sites for hydroxylation is 2. The molecule has 1 aromatic carbocycles. The van der Waals surface area contributed by atoms with Crippen LogP contribution in [0.2, 0.25) is 5.02 Å². The molecule has 2 aromatic heterocycles. The fourth-order valence-electron chi connectivity index (χ4n) is 3.37. The number of halogens is 1. The van der Waals surface area contributed by atoms with Crippen LogP contribution < -0.4 is 10.1 Å². The second kappa shape index (κ2) is 8.04. The summed E-state index contributed by atoms with van der Waals surface area (Å²) in [6, 6.07) is 7.51. The Balaban J connectivity index is 1.47. The number of amides is 1. The van der Waals surface area contributed by atoms with Crippen molar-refractivity contribution >= 4 is 29.3 Å². The molecule has 7 nitrogen and oxygen atoms in total. The minimum Gasteiger partial charge on any atom is -0.486 e. The monoisotopic (exact) mass is 429 g/mol. The van der Waals surface area contributed by atoms with Crippen molar-refractivity contribution in [1.82, 2.24) is 25.1 Å². The molecule has 0 radical (unpaired) electrons. The highest BCUT2D eigenvalue weighted by molar-refractivity contribution is 7.98. The van der Waals surface area contributed by atoms with Crippen LogP contribution in [0.25, 0.3) is 11.3 Å². The second-order valence-electron chi connectivity index (χ2n) is 6.82. The average Bonchev–Trinajstić information content (AvgIpc) is 3.28. The van der Waals surface area contributed by atoms with Crippen LogP contribution in [0.4, 0.5) is 0 Å². The molecule has 0 saturated heterocycles. The number of carbonyl (C=O) groups excluding carboxylic acids is 1. The van der Waals surface area contributed by atoms with E-state index in [-0.39, 0.29) is 12.0 Å². The quantitative estimate of drug-likeness (QED) is 0.495. The number of nitrogens with zero attached hydrogens (tertiary/aromatic N) is 4. The number of ether oxygens (including phenoxy) is 1. The smallest absolute Gasteiger partial charge is 0.269 e. The van der Waals surface area contributed by atoms with E-state index in [0.717, 1.165) is 22.5 Å². The van der Waals surface area contributed by atoms with E-state index in [9.17, 15) is 4.79 Å². The number of benzene rings is 1. The molecule has 0 bridgehead atoms. The molecular formula is C20H20ClN5O2S. The summed E-state index contributed by atoms with van der Waals surface area (Å²) in [6.45, 7) is 2.24. The summed E-state index contributed by atoms with van der Waals surface area (Å²) >= 11 is 7.96. The van der Waals surface area contributed by atoms with Gasteiger partial charge in [-0.25, -0.2) is 9.97 Å². The van der Waals surface area contributed by atoms with Gasteiger partial charge in [-0.2, -0.15) is 5.10 Å². The van der Waals surface area contributed by atoms with Gasteiger partial charge in [-0.15, -0.1) is 0 Å². The maximum absolute atomic E-state index is 12.4. The van der Waals surface area contributed by atoms with Gasteiger partial charge in [0.25, 0.3) is 5.91 Å². The number of fused-ring (bicyclic) bond motifs is 1. The maximum atomic E-state index is 12.4. The summed E-state index contributed by atoms with van der Waals surface area (Å²) in [5.41, 5.74) is 4.07. The van der Waals surface area contributed by atoms with Crippen molar-refractivity contribution in [2.24, 2.45) is 7.05 Å². The van der Waals surface area contributed by atoms with Gasteiger partial charge in [0.2, 0.25) is 0 Å². The first kappa shape index (κ1) is 19.7. The van der Waals surface area contributed by atoms with E-state index >= 15 is 0 Å². The Morgan fingerprint density at radius 1 is 1.41 bits per heavy atom. The number of hydrogen-bond donors (Lipinski definition) is 1. The van der Waals surface area contributed by atoms with Crippen molar-refractivity contribution in [2.75, 3.05) is 12.8 Å². The molecule has 0 saturated carbocycles. The van der Waals surface area contributed by atoms with Crippen LogP contribution in [0.15, 0.2) is 35.6 Å². The summed E-state index contributed by atoms with van der Waals surface area (Å²) in [5.74, 6) is 0.496. The molecule has 29 heavy (non-hydrogen) atoms. The predicted octanol–water partition coefficient (Wildman–Crippen LogP) is 3.29. The Morgan fingerprint density at radius 3 is 2.97 bits per heavy atom. The SMILES string of the molecule is CSc1nccc(-c2cc(Cl)c3c(c2)C[C@H](CNC(=O)c2cc(C)nn2C)O3)n1. The Labute approximate surface area is 177 Å². The molecule has 1 aliphatic heterocycles. The zero-order valence-corrected chi connectivity index (χ0v) is 17.8. The van der Waals surface area contributed by atoms with Crippen LogP contribution in [0, 0.1) is 6.92 Å². The summed E-state index contributed by atoms with van der Waals surface area (Å²) in [4.78, 5) is 21.2. The number of rotatable bonds is 5. The first-order valence-corrected chi connectivity index (χ1v) is 10.7. The molecule has 1 amide bonds. The highest BCUT2D eigenvalue weighted by Gasteiger charge is 2.27. The molecule has 150 valence electrons. The van der Waals surface area contributed by atoms with Gasteiger partial charge in [-0.3, -0.25) is 9.48 Å². The van der Waals surface area contributed by atoms with E-state index in [2.05, 4.69) is 20.4 Å². The summed E-state index contributed by atoms with van der Waals surface area (Å²) in [7, 11) is 1.75. The Morgan fingerprint density at radius 2 is 2.24 bits per heavy atom. The van der Waals surface area contributed by atoms with Crippen molar-refractivity contribution < 1.29 is 9.53 Å². The van der Waals surface area contributed by atoms with Gasteiger partial charge in [0.1, 0.15) is 17.5 Å². The van der Waals surface area contributed by atoms with Gasteiger partial charge in [0, 0.05) is 30.8 Å². The molecular weight excluding hydrogens is 410 g/mol. The molecule has 3 aromatic rings. The van der Waals surface area contributed by atoms with Gasteiger partial charge in [-0.05, 0) is 37.4 Å². The number of carbonyl (C=O) groups is 1. The second-order valence-corrected chi connectivity index (χ2v) is 8.00. The van der Waals surface area contributed by atoms with Crippen LogP contribution in [-0.4, -0.2) is 44.6 Å². The van der Waals surface area contributed by atoms with Crippen molar-refractivity contribution in [1.29, 1.82) is 0 Å². The van der Waals surface area contributed by atoms with Crippen molar-refractivity contribution in [3.05, 3.63) is 52.4 Å². The van der Waals surface area contributed by atoms with Crippen LogP contribution in [0.5, 0.6) is 5.75 Å². The third-order valence-electron chi connectivity index (χ3n) is 4.69. The van der Waals surface area contributed by atoms with Crippen molar-refractivity contribution in [2.45, 2.75) is 24.6 Å². The van der Waals surface area contributed by atoms with Crippen LogP contribution in [0.3, 0.4) is 0 Å². The molecule has 1 atom stereocenters. The Kier molecular flexibility index (Phi) is 5.47. The summed E-state index contributed by atoms with van der Waals surface area (Å²) in [6.07, 6.45) is 4.16. The number of hydrogen-bond acceptors (Lipinski definition) is 6. The zero-order chi connectivity index (χ0) is 20.5. The van der Waals surface area contributed by atoms with Crippen LogP contribution in [-0.2, 0) is 13.5 Å². The third-order valence-corrected chi connectivity index (χ3v) is 5.53. The number of nitrogens with one attached hydrogen (secondary N) is 1. The third kappa shape index (κ3) is 4.09. The van der Waals surface area contributed by atoms with Gasteiger partial charge >= 0.3 is 0 Å². The lowest BCUT2D eigenvalue weighted by molar-refractivity contribution is 0.0924. The fraction of sp³-hybridized carbons (Fsp3) is 0.300. The lowest BCUT2D eigenvalue weighted by Gasteiger charge is -2.12.